The Morgan fingerprint density at radius 2 is 2.09 bits per heavy atom. The molecule has 0 saturated carbocycles. The van der Waals surface area contributed by atoms with E-state index in [9.17, 15) is 4.79 Å². The number of amides is 1. The van der Waals surface area contributed by atoms with Gasteiger partial charge >= 0.3 is 0 Å². The first-order chi connectivity index (χ1) is 10.8. The molecular formula is C16H21BrN4OS. The number of carbonyl (C=O) groups excluding carboxylic acids is 1. The average Bonchev–Trinajstić information content (AvgIpc) is 2.86. The molecule has 0 spiro atoms. The highest BCUT2D eigenvalue weighted by molar-refractivity contribution is 9.10. The molecule has 1 aromatic carbocycles. The standard InChI is InChI=1S/C16H21BrN4OS/c1-5-21-14(11-7-6-8-12(17)9-11)19-20-15(21)23-10-13(22)18-16(2,3)4/h6-9H,5,10H2,1-4H3,(H,18,22). The quantitative estimate of drug-likeness (QED) is 0.781. The number of aromatic nitrogens is 3. The summed E-state index contributed by atoms with van der Waals surface area (Å²) in [5, 5.41) is 12.2. The molecule has 0 fully saturated rings. The van der Waals surface area contributed by atoms with Crippen molar-refractivity contribution in [2.75, 3.05) is 5.75 Å². The largest absolute Gasteiger partial charge is 0.351 e. The maximum atomic E-state index is 12.0. The smallest absolute Gasteiger partial charge is 0.230 e. The van der Waals surface area contributed by atoms with Crippen molar-refractivity contribution < 1.29 is 4.79 Å². The molecule has 1 N–H and O–H groups in total. The van der Waals surface area contributed by atoms with Crippen LogP contribution in [0.5, 0.6) is 0 Å². The van der Waals surface area contributed by atoms with Crippen molar-refractivity contribution in [1.82, 2.24) is 20.1 Å². The third kappa shape index (κ3) is 5.07. The summed E-state index contributed by atoms with van der Waals surface area (Å²) in [4.78, 5) is 12.0. The number of benzene rings is 1. The summed E-state index contributed by atoms with van der Waals surface area (Å²) in [5.41, 5.74) is 0.775. The molecule has 7 heteroatoms. The highest BCUT2D eigenvalue weighted by Crippen LogP contribution is 2.25. The van der Waals surface area contributed by atoms with E-state index in [1.807, 2.05) is 56.5 Å². The van der Waals surface area contributed by atoms with Crippen molar-refractivity contribution in [3.8, 4) is 11.4 Å². The zero-order chi connectivity index (χ0) is 17.0. The van der Waals surface area contributed by atoms with E-state index in [0.717, 1.165) is 27.6 Å². The van der Waals surface area contributed by atoms with Crippen LogP contribution < -0.4 is 5.32 Å². The molecule has 1 heterocycles. The van der Waals surface area contributed by atoms with Gasteiger partial charge in [0, 0.05) is 22.1 Å². The maximum Gasteiger partial charge on any atom is 0.230 e. The summed E-state index contributed by atoms with van der Waals surface area (Å²) in [5.74, 6) is 1.14. The maximum absolute atomic E-state index is 12.0. The van der Waals surface area contributed by atoms with E-state index in [2.05, 4.69) is 31.4 Å². The van der Waals surface area contributed by atoms with Crippen molar-refractivity contribution in [1.29, 1.82) is 0 Å². The van der Waals surface area contributed by atoms with Gasteiger partial charge in [0.2, 0.25) is 5.91 Å². The molecule has 124 valence electrons. The van der Waals surface area contributed by atoms with Gasteiger partial charge in [0.1, 0.15) is 0 Å². The first-order valence-electron chi connectivity index (χ1n) is 7.43. The van der Waals surface area contributed by atoms with Crippen LogP contribution in [-0.4, -0.2) is 32.0 Å². The second kappa shape index (κ2) is 7.49. The monoisotopic (exact) mass is 396 g/mol. The van der Waals surface area contributed by atoms with Gasteiger partial charge < -0.3 is 9.88 Å². The summed E-state index contributed by atoms with van der Waals surface area (Å²) in [7, 11) is 0. The lowest BCUT2D eigenvalue weighted by atomic mass is 10.1. The highest BCUT2D eigenvalue weighted by Gasteiger charge is 2.17. The normalized spacial score (nSPS) is 11.5. The Kier molecular flexibility index (Phi) is 5.86. The van der Waals surface area contributed by atoms with Gasteiger partial charge in [-0.15, -0.1) is 10.2 Å². The molecule has 23 heavy (non-hydrogen) atoms. The molecule has 0 aliphatic heterocycles. The van der Waals surface area contributed by atoms with Crippen molar-refractivity contribution in [2.24, 2.45) is 0 Å². The van der Waals surface area contributed by atoms with Gasteiger partial charge in [0.25, 0.3) is 0 Å². The zero-order valence-electron chi connectivity index (χ0n) is 13.8. The molecule has 0 unspecified atom stereocenters. The highest BCUT2D eigenvalue weighted by atomic mass is 79.9. The van der Waals surface area contributed by atoms with Crippen LogP contribution in [0.25, 0.3) is 11.4 Å². The lowest BCUT2D eigenvalue weighted by Gasteiger charge is -2.20. The predicted octanol–water partition coefficient (Wildman–Crippen LogP) is 3.73. The van der Waals surface area contributed by atoms with Crippen molar-refractivity contribution in [3.63, 3.8) is 0 Å². The minimum atomic E-state index is -0.225. The third-order valence-corrected chi connectivity index (χ3v) is 4.42. The number of carbonyl (C=O) groups is 1. The minimum absolute atomic E-state index is 0.00263. The van der Waals surface area contributed by atoms with Gasteiger partial charge in [0.15, 0.2) is 11.0 Å². The number of nitrogens with one attached hydrogen (secondary N) is 1. The van der Waals surface area contributed by atoms with Crippen LogP contribution >= 0.6 is 27.7 Å². The van der Waals surface area contributed by atoms with E-state index in [-0.39, 0.29) is 11.4 Å². The second-order valence-electron chi connectivity index (χ2n) is 6.15. The summed E-state index contributed by atoms with van der Waals surface area (Å²) in [6.45, 7) is 8.70. The minimum Gasteiger partial charge on any atom is -0.351 e. The van der Waals surface area contributed by atoms with Crippen LogP contribution in [0.4, 0.5) is 0 Å². The van der Waals surface area contributed by atoms with Crippen LogP contribution in [0.1, 0.15) is 27.7 Å². The summed E-state index contributed by atoms with van der Waals surface area (Å²) in [6, 6.07) is 7.96. The third-order valence-electron chi connectivity index (χ3n) is 2.96. The second-order valence-corrected chi connectivity index (χ2v) is 8.01. The SMILES string of the molecule is CCn1c(SCC(=O)NC(C)(C)C)nnc1-c1cccc(Br)c1. The molecule has 0 aliphatic rings. The van der Waals surface area contributed by atoms with Crippen LogP contribution in [0.3, 0.4) is 0 Å². The molecule has 0 radical (unpaired) electrons. The lowest BCUT2D eigenvalue weighted by Crippen LogP contribution is -2.41. The van der Waals surface area contributed by atoms with E-state index >= 15 is 0 Å². The van der Waals surface area contributed by atoms with Crippen molar-refractivity contribution in [3.05, 3.63) is 28.7 Å². The number of halogens is 1. The van der Waals surface area contributed by atoms with Crippen molar-refractivity contribution in [2.45, 2.75) is 44.9 Å². The fourth-order valence-corrected chi connectivity index (χ4v) is 3.31. The first kappa shape index (κ1) is 18.0. The van der Waals surface area contributed by atoms with Gasteiger partial charge in [-0.05, 0) is 39.8 Å². The van der Waals surface area contributed by atoms with Gasteiger partial charge in [-0.2, -0.15) is 0 Å². The topological polar surface area (TPSA) is 59.8 Å². The molecule has 0 saturated heterocycles. The fourth-order valence-electron chi connectivity index (χ4n) is 2.11. The molecule has 0 bridgehead atoms. The number of rotatable bonds is 5. The number of hydrogen-bond donors (Lipinski definition) is 1. The number of thioether (sulfide) groups is 1. The van der Waals surface area contributed by atoms with Gasteiger partial charge in [-0.25, -0.2) is 0 Å². The van der Waals surface area contributed by atoms with Crippen LogP contribution in [0.2, 0.25) is 0 Å². The van der Waals surface area contributed by atoms with E-state index in [4.69, 9.17) is 0 Å². The van der Waals surface area contributed by atoms with Gasteiger partial charge in [-0.1, -0.05) is 39.8 Å². The summed E-state index contributed by atoms with van der Waals surface area (Å²) in [6.07, 6.45) is 0. The zero-order valence-corrected chi connectivity index (χ0v) is 16.2. The molecule has 5 nitrogen and oxygen atoms in total. The molecular weight excluding hydrogens is 376 g/mol. The molecule has 2 aromatic rings. The van der Waals surface area contributed by atoms with Crippen LogP contribution in [-0.2, 0) is 11.3 Å². The van der Waals surface area contributed by atoms with E-state index in [1.165, 1.54) is 11.8 Å². The number of hydrogen-bond acceptors (Lipinski definition) is 4. The Bertz CT molecular complexity index is 694. The predicted molar refractivity (Wildman–Crippen MR) is 97.5 cm³/mol. The molecule has 0 atom stereocenters. The summed E-state index contributed by atoms with van der Waals surface area (Å²) >= 11 is 4.88. The average molecular weight is 397 g/mol. The van der Waals surface area contributed by atoms with E-state index in [1.54, 1.807) is 0 Å². The van der Waals surface area contributed by atoms with Crippen LogP contribution in [0, 0.1) is 0 Å². The van der Waals surface area contributed by atoms with Crippen LogP contribution in [0.15, 0.2) is 33.9 Å². The van der Waals surface area contributed by atoms with Gasteiger partial charge in [-0.3, -0.25) is 4.79 Å². The first-order valence-corrected chi connectivity index (χ1v) is 9.21. The number of nitrogens with zero attached hydrogens (tertiary/aromatic N) is 3. The summed E-state index contributed by atoms with van der Waals surface area (Å²) < 4.78 is 3.02. The molecule has 2 rings (SSSR count). The Labute approximate surface area is 149 Å². The fraction of sp³-hybridized carbons (Fsp3) is 0.438. The Morgan fingerprint density at radius 3 is 2.70 bits per heavy atom. The Hall–Kier alpha value is -1.34. The molecule has 0 aliphatic carbocycles. The van der Waals surface area contributed by atoms with E-state index in [0.29, 0.717) is 5.75 Å². The Morgan fingerprint density at radius 1 is 1.35 bits per heavy atom. The lowest BCUT2D eigenvalue weighted by molar-refractivity contribution is -0.119. The van der Waals surface area contributed by atoms with Crippen molar-refractivity contribution >= 4 is 33.6 Å². The molecule has 1 aromatic heterocycles. The van der Waals surface area contributed by atoms with E-state index < -0.39 is 0 Å². The van der Waals surface area contributed by atoms with Gasteiger partial charge in [0.05, 0.1) is 5.75 Å². The molecule has 1 amide bonds. The Balaban J connectivity index is 2.14.